The van der Waals surface area contributed by atoms with Gasteiger partial charge in [0.25, 0.3) is 5.91 Å². The normalized spacial score (nSPS) is 11.2. The van der Waals surface area contributed by atoms with Crippen LogP contribution in [0.2, 0.25) is 0 Å². The summed E-state index contributed by atoms with van der Waals surface area (Å²) in [6.45, 7) is 6.97. The fourth-order valence-electron chi connectivity index (χ4n) is 2.66. The monoisotopic (exact) mass is 342 g/mol. The van der Waals surface area contributed by atoms with Crippen LogP contribution in [0, 0.1) is 6.92 Å². The van der Waals surface area contributed by atoms with Crippen molar-refractivity contribution >= 4 is 11.8 Å². The van der Waals surface area contributed by atoms with Gasteiger partial charge in [0, 0.05) is 25.1 Å². The van der Waals surface area contributed by atoms with Crippen molar-refractivity contribution in [2.75, 3.05) is 13.1 Å². The highest BCUT2D eigenvalue weighted by atomic mass is 16.3. The minimum absolute atomic E-state index is 0.0158. The summed E-state index contributed by atoms with van der Waals surface area (Å²) in [5, 5.41) is 5.70. The Balaban J connectivity index is 1.67. The molecule has 0 aliphatic rings. The lowest BCUT2D eigenvalue weighted by Crippen LogP contribution is -2.33. The zero-order chi connectivity index (χ0) is 18.3. The van der Waals surface area contributed by atoms with Gasteiger partial charge in [-0.05, 0) is 30.4 Å². The van der Waals surface area contributed by atoms with Crippen LogP contribution in [0.3, 0.4) is 0 Å². The maximum Gasteiger partial charge on any atom is 0.287 e. The highest BCUT2D eigenvalue weighted by molar-refractivity contribution is 5.92. The number of hydrogen-bond acceptors (Lipinski definition) is 3. The van der Waals surface area contributed by atoms with E-state index in [0.717, 1.165) is 11.1 Å². The molecule has 2 rings (SSSR count). The summed E-state index contributed by atoms with van der Waals surface area (Å²) in [5.74, 6) is 0.134. The molecule has 0 aliphatic carbocycles. The molecule has 0 radical (unpaired) electrons. The number of carbonyl (C=O) groups excluding carboxylic acids is 2. The topological polar surface area (TPSA) is 71.3 Å². The Morgan fingerprint density at radius 2 is 1.72 bits per heavy atom. The van der Waals surface area contributed by atoms with Gasteiger partial charge in [-0.3, -0.25) is 9.59 Å². The quantitative estimate of drug-likeness (QED) is 0.724. The smallest absolute Gasteiger partial charge is 0.287 e. The SMILES string of the molecule is Cc1ccoc1C(=O)NCCCNC(=O)CC(C)(C)c1ccccc1. The fourth-order valence-corrected chi connectivity index (χ4v) is 2.66. The van der Waals surface area contributed by atoms with Gasteiger partial charge in [-0.25, -0.2) is 0 Å². The Bertz CT molecular complexity index is 705. The highest BCUT2D eigenvalue weighted by Crippen LogP contribution is 2.26. The van der Waals surface area contributed by atoms with Crippen LogP contribution in [-0.4, -0.2) is 24.9 Å². The second-order valence-corrected chi connectivity index (χ2v) is 6.82. The van der Waals surface area contributed by atoms with E-state index in [4.69, 9.17) is 4.42 Å². The molecule has 0 bridgehead atoms. The molecule has 2 N–H and O–H groups in total. The van der Waals surface area contributed by atoms with E-state index < -0.39 is 0 Å². The standard InChI is InChI=1S/C20H26N2O3/c1-15-10-13-25-18(15)19(24)22-12-7-11-21-17(23)14-20(2,3)16-8-5-4-6-9-16/h4-6,8-10,13H,7,11-12,14H2,1-3H3,(H,21,23)(H,22,24). The third-order valence-electron chi connectivity index (χ3n) is 4.19. The van der Waals surface area contributed by atoms with Crippen molar-refractivity contribution in [3.8, 4) is 0 Å². The predicted octanol–water partition coefficient (Wildman–Crippen LogP) is 3.19. The van der Waals surface area contributed by atoms with Crippen LogP contribution in [0.4, 0.5) is 0 Å². The minimum atomic E-state index is -0.223. The van der Waals surface area contributed by atoms with Gasteiger partial charge in [0.15, 0.2) is 5.76 Å². The van der Waals surface area contributed by atoms with Gasteiger partial charge in [-0.15, -0.1) is 0 Å². The van der Waals surface area contributed by atoms with Crippen molar-refractivity contribution in [2.45, 2.75) is 39.0 Å². The number of benzene rings is 1. The molecule has 25 heavy (non-hydrogen) atoms. The first-order valence-corrected chi connectivity index (χ1v) is 8.54. The van der Waals surface area contributed by atoms with Crippen LogP contribution >= 0.6 is 0 Å². The number of furan rings is 1. The molecule has 2 aromatic rings. The van der Waals surface area contributed by atoms with Crippen LogP contribution in [-0.2, 0) is 10.2 Å². The van der Waals surface area contributed by atoms with E-state index >= 15 is 0 Å². The van der Waals surface area contributed by atoms with Gasteiger partial charge in [-0.2, -0.15) is 0 Å². The van der Waals surface area contributed by atoms with Crippen LogP contribution in [0.1, 0.15) is 48.4 Å². The molecule has 134 valence electrons. The molecule has 0 unspecified atom stereocenters. The number of amides is 2. The van der Waals surface area contributed by atoms with E-state index in [-0.39, 0.29) is 17.2 Å². The van der Waals surface area contributed by atoms with Gasteiger partial charge in [0.2, 0.25) is 5.91 Å². The fraction of sp³-hybridized carbons (Fsp3) is 0.400. The first-order valence-electron chi connectivity index (χ1n) is 8.54. The lowest BCUT2D eigenvalue weighted by molar-refractivity contribution is -0.122. The largest absolute Gasteiger partial charge is 0.459 e. The van der Waals surface area contributed by atoms with E-state index in [9.17, 15) is 9.59 Å². The number of nitrogens with one attached hydrogen (secondary N) is 2. The lowest BCUT2D eigenvalue weighted by atomic mass is 9.81. The Morgan fingerprint density at radius 3 is 2.36 bits per heavy atom. The average molecular weight is 342 g/mol. The van der Waals surface area contributed by atoms with E-state index in [2.05, 4.69) is 24.5 Å². The van der Waals surface area contributed by atoms with Gasteiger partial charge in [-0.1, -0.05) is 44.2 Å². The Morgan fingerprint density at radius 1 is 1.04 bits per heavy atom. The summed E-state index contributed by atoms with van der Waals surface area (Å²) < 4.78 is 5.14. The second kappa shape index (κ2) is 8.51. The average Bonchev–Trinajstić information content (AvgIpc) is 3.01. The molecule has 1 heterocycles. The second-order valence-electron chi connectivity index (χ2n) is 6.82. The van der Waals surface area contributed by atoms with Gasteiger partial charge in [0.05, 0.1) is 6.26 Å². The third kappa shape index (κ3) is 5.48. The van der Waals surface area contributed by atoms with E-state index in [1.54, 1.807) is 6.07 Å². The Labute approximate surface area is 148 Å². The zero-order valence-electron chi connectivity index (χ0n) is 15.1. The molecule has 5 heteroatoms. The summed E-state index contributed by atoms with van der Waals surface area (Å²) >= 11 is 0. The van der Waals surface area contributed by atoms with E-state index in [1.165, 1.54) is 6.26 Å². The van der Waals surface area contributed by atoms with Crippen molar-refractivity contribution in [1.82, 2.24) is 10.6 Å². The molecule has 1 aromatic heterocycles. The van der Waals surface area contributed by atoms with Crippen LogP contribution < -0.4 is 10.6 Å². The summed E-state index contributed by atoms with van der Waals surface area (Å²) in [6, 6.07) is 11.8. The maximum atomic E-state index is 12.1. The molecule has 0 fully saturated rings. The van der Waals surface area contributed by atoms with Crippen molar-refractivity contribution in [2.24, 2.45) is 0 Å². The molecular weight excluding hydrogens is 316 g/mol. The summed E-state index contributed by atoms with van der Waals surface area (Å²) in [7, 11) is 0. The lowest BCUT2D eigenvalue weighted by Gasteiger charge is -2.24. The first kappa shape index (κ1) is 18.8. The summed E-state index contributed by atoms with van der Waals surface area (Å²) in [5.41, 5.74) is 1.75. The van der Waals surface area contributed by atoms with Gasteiger partial charge < -0.3 is 15.1 Å². The molecule has 2 amide bonds. The molecule has 0 saturated heterocycles. The number of carbonyl (C=O) groups is 2. The predicted molar refractivity (Wildman–Crippen MR) is 97.5 cm³/mol. The maximum absolute atomic E-state index is 12.1. The van der Waals surface area contributed by atoms with Crippen LogP contribution in [0.25, 0.3) is 0 Å². The molecule has 0 atom stereocenters. The van der Waals surface area contributed by atoms with Crippen LogP contribution in [0.15, 0.2) is 47.1 Å². The molecule has 1 aromatic carbocycles. The third-order valence-corrected chi connectivity index (χ3v) is 4.19. The molecule has 0 saturated carbocycles. The Hall–Kier alpha value is -2.56. The Kier molecular flexibility index (Phi) is 6.39. The van der Waals surface area contributed by atoms with Crippen molar-refractivity contribution in [1.29, 1.82) is 0 Å². The zero-order valence-corrected chi connectivity index (χ0v) is 15.1. The van der Waals surface area contributed by atoms with Crippen molar-refractivity contribution in [3.05, 3.63) is 59.5 Å². The van der Waals surface area contributed by atoms with Gasteiger partial charge >= 0.3 is 0 Å². The first-order chi connectivity index (χ1) is 11.9. The number of rotatable bonds is 8. The van der Waals surface area contributed by atoms with E-state index in [0.29, 0.717) is 31.7 Å². The number of aryl methyl sites for hydroxylation is 1. The molecule has 5 nitrogen and oxygen atoms in total. The summed E-state index contributed by atoms with van der Waals surface area (Å²) in [6.07, 6.45) is 2.59. The van der Waals surface area contributed by atoms with Gasteiger partial charge in [0.1, 0.15) is 0 Å². The number of hydrogen-bond donors (Lipinski definition) is 2. The highest BCUT2D eigenvalue weighted by Gasteiger charge is 2.23. The minimum Gasteiger partial charge on any atom is -0.459 e. The molecular formula is C20H26N2O3. The molecule has 0 aliphatic heterocycles. The van der Waals surface area contributed by atoms with E-state index in [1.807, 2.05) is 37.3 Å². The van der Waals surface area contributed by atoms with Crippen LogP contribution in [0.5, 0.6) is 0 Å². The van der Waals surface area contributed by atoms with Crippen molar-refractivity contribution < 1.29 is 14.0 Å². The summed E-state index contributed by atoms with van der Waals surface area (Å²) in [4.78, 5) is 24.0. The van der Waals surface area contributed by atoms with Crippen molar-refractivity contribution in [3.63, 3.8) is 0 Å². The molecule has 0 spiro atoms.